The van der Waals surface area contributed by atoms with E-state index in [1.807, 2.05) is 79.7 Å². The number of nitrogens with one attached hydrogen (secondary N) is 1. The van der Waals surface area contributed by atoms with E-state index in [9.17, 15) is 4.79 Å². The lowest BCUT2D eigenvalue weighted by Crippen LogP contribution is -2.22. The molecule has 5 nitrogen and oxygen atoms in total. The van der Waals surface area contributed by atoms with E-state index in [0.29, 0.717) is 17.9 Å². The topological polar surface area (TPSA) is 68.0 Å². The van der Waals surface area contributed by atoms with Crippen LogP contribution in [0.4, 0.5) is 0 Å². The maximum Gasteiger partial charge on any atom is 0.251 e. The molecule has 0 saturated carbocycles. The number of hydrogen-bond donors (Lipinski definition) is 1. The number of nitrogens with zero attached hydrogens (tertiary/aromatic N) is 2. The molecule has 0 bridgehead atoms. The summed E-state index contributed by atoms with van der Waals surface area (Å²) in [6, 6.07) is 25.2. The molecule has 6 heteroatoms. The zero-order valence-electron chi connectivity index (χ0n) is 16.8. The average Bonchev–Trinajstić information content (AvgIpc) is 3.41. The van der Waals surface area contributed by atoms with Gasteiger partial charge in [-0.1, -0.05) is 65.8 Å². The number of carbonyl (C=O) groups is 1. The first kappa shape index (κ1) is 19.2. The highest BCUT2D eigenvalue weighted by Gasteiger charge is 2.15. The van der Waals surface area contributed by atoms with Gasteiger partial charge in [0.25, 0.3) is 5.91 Å². The van der Waals surface area contributed by atoms with Gasteiger partial charge in [-0.25, -0.2) is 4.98 Å². The Balaban J connectivity index is 1.36. The molecular weight excluding hydrogens is 406 g/mol. The average molecular weight is 426 g/mol. The summed E-state index contributed by atoms with van der Waals surface area (Å²) in [7, 11) is 0. The van der Waals surface area contributed by atoms with Crippen LogP contribution in [0.5, 0.6) is 0 Å². The fourth-order valence-corrected chi connectivity index (χ4v) is 4.45. The van der Waals surface area contributed by atoms with Crippen molar-refractivity contribution in [2.45, 2.75) is 13.5 Å². The van der Waals surface area contributed by atoms with E-state index in [1.165, 1.54) is 0 Å². The molecule has 0 atom stereocenters. The standard InChI is InChI=1S/C25H19N3O2S/c1-16-22(31-25(27-16)18-10-6-3-7-11-18)15-26-24(29)19-12-13-21-20(14-19)23(30-28-21)17-8-4-2-5-9-17/h2-14H,15H2,1H3,(H,26,29). The molecule has 0 aliphatic heterocycles. The molecule has 0 aliphatic carbocycles. The summed E-state index contributed by atoms with van der Waals surface area (Å²) in [5, 5.41) is 8.91. The molecule has 3 aromatic carbocycles. The maximum atomic E-state index is 12.8. The van der Waals surface area contributed by atoms with Crippen molar-refractivity contribution >= 4 is 28.1 Å². The second-order valence-electron chi connectivity index (χ2n) is 7.19. The Hall–Kier alpha value is -3.77. The highest BCUT2D eigenvalue weighted by atomic mass is 32.1. The van der Waals surface area contributed by atoms with E-state index in [2.05, 4.69) is 15.5 Å². The van der Waals surface area contributed by atoms with Gasteiger partial charge in [-0.3, -0.25) is 4.79 Å². The second-order valence-corrected chi connectivity index (χ2v) is 8.27. The third-order valence-corrected chi connectivity index (χ3v) is 6.30. The van der Waals surface area contributed by atoms with Crippen LogP contribution in [0.1, 0.15) is 20.9 Å². The minimum atomic E-state index is -0.142. The Morgan fingerprint density at radius 1 is 0.968 bits per heavy atom. The molecule has 1 amide bonds. The van der Waals surface area contributed by atoms with Gasteiger partial charge >= 0.3 is 0 Å². The number of hydrogen-bond acceptors (Lipinski definition) is 5. The fraction of sp³-hybridized carbons (Fsp3) is 0.0800. The van der Waals surface area contributed by atoms with Gasteiger partial charge in [0.2, 0.25) is 0 Å². The quantitative estimate of drug-likeness (QED) is 0.383. The van der Waals surface area contributed by atoms with Crippen LogP contribution in [0, 0.1) is 6.92 Å². The molecule has 0 unspecified atom stereocenters. The predicted octanol–water partition coefficient (Wildman–Crippen LogP) is 5.86. The summed E-state index contributed by atoms with van der Waals surface area (Å²) in [6.07, 6.45) is 0. The molecule has 2 heterocycles. The number of thiazole rings is 1. The normalized spacial score (nSPS) is 11.0. The summed E-state index contributed by atoms with van der Waals surface area (Å²) in [5.41, 5.74) is 4.24. The first-order valence-corrected chi connectivity index (χ1v) is 10.8. The molecule has 5 rings (SSSR count). The van der Waals surface area contributed by atoms with E-state index in [1.54, 1.807) is 17.4 Å². The molecule has 0 aliphatic rings. The largest absolute Gasteiger partial charge is 0.355 e. The van der Waals surface area contributed by atoms with Crippen molar-refractivity contribution in [3.05, 3.63) is 95.0 Å². The number of carbonyl (C=O) groups excluding carboxylic acids is 1. The van der Waals surface area contributed by atoms with Crippen LogP contribution >= 0.6 is 11.3 Å². The van der Waals surface area contributed by atoms with Crippen LogP contribution in [-0.2, 0) is 6.54 Å². The first-order chi connectivity index (χ1) is 15.2. The Kier molecular flexibility index (Phi) is 5.06. The Labute approximate surface area is 183 Å². The lowest BCUT2D eigenvalue weighted by molar-refractivity contribution is 0.0951. The molecule has 0 fully saturated rings. The molecule has 0 spiro atoms. The van der Waals surface area contributed by atoms with Crippen LogP contribution in [0.25, 0.3) is 32.8 Å². The summed E-state index contributed by atoms with van der Waals surface area (Å²) in [5.74, 6) is 0.521. The van der Waals surface area contributed by atoms with E-state index in [0.717, 1.165) is 37.6 Å². The van der Waals surface area contributed by atoms with Gasteiger partial charge in [-0.2, -0.15) is 0 Å². The molecule has 2 aromatic heterocycles. The number of aromatic nitrogens is 2. The van der Waals surface area contributed by atoms with Gasteiger partial charge in [-0.15, -0.1) is 11.3 Å². The van der Waals surface area contributed by atoms with E-state index >= 15 is 0 Å². The maximum absolute atomic E-state index is 12.8. The number of fused-ring (bicyclic) bond motifs is 1. The molecular formula is C25H19N3O2S. The van der Waals surface area contributed by atoms with Crippen molar-refractivity contribution < 1.29 is 9.32 Å². The monoisotopic (exact) mass is 425 g/mol. The molecule has 152 valence electrons. The lowest BCUT2D eigenvalue weighted by Gasteiger charge is -2.05. The fourth-order valence-electron chi connectivity index (χ4n) is 3.44. The number of benzene rings is 3. The van der Waals surface area contributed by atoms with Crippen LogP contribution in [-0.4, -0.2) is 16.0 Å². The van der Waals surface area contributed by atoms with Crippen LogP contribution in [0.3, 0.4) is 0 Å². The van der Waals surface area contributed by atoms with Crippen molar-refractivity contribution in [1.82, 2.24) is 15.5 Å². The minimum Gasteiger partial charge on any atom is -0.355 e. The Morgan fingerprint density at radius 3 is 2.42 bits per heavy atom. The van der Waals surface area contributed by atoms with Crippen molar-refractivity contribution in [1.29, 1.82) is 0 Å². The molecule has 0 saturated heterocycles. The summed E-state index contributed by atoms with van der Waals surface area (Å²) >= 11 is 1.60. The van der Waals surface area contributed by atoms with Crippen molar-refractivity contribution in [3.8, 4) is 21.9 Å². The third kappa shape index (κ3) is 3.85. The van der Waals surface area contributed by atoms with Crippen LogP contribution in [0.15, 0.2) is 83.4 Å². The number of amides is 1. The first-order valence-electron chi connectivity index (χ1n) is 9.94. The van der Waals surface area contributed by atoms with E-state index in [-0.39, 0.29) is 5.91 Å². The van der Waals surface area contributed by atoms with E-state index < -0.39 is 0 Å². The zero-order valence-corrected chi connectivity index (χ0v) is 17.6. The SMILES string of the molecule is Cc1nc(-c2ccccc2)sc1CNC(=O)c1ccc2noc(-c3ccccc3)c2c1. The second kappa shape index (κ2) is 8.16. The molecule has 5 aromatic rings. The zero-order chi connectivity index (χ0) is 21.2. The predicted molar refractivity (Wildman–Crippen MR) is 123 cm³/mol. The summed E-state index contributed by atoms with van der Waals surface area (Å²) in [6.45, 7) is 2.40. The van der Waals surface area contributed by atoms with Crippen molar-refractivity contribution in [2.24, 2.45) is 0 Å². The van der Waals surface area contributed by atoms with Gasteiger partial charge in [0.05, 0.1) is 17.6 Å². The Morgan fingerprint density at radius 2 is 1.68 bits per heavy atom. The van der Waals surface area contributed by atoms with Gasteiger partial charge in [0, 0.05) is 21.6 Å². The van der Waals surface area contributed by atoms with E-state index in [4.69, 9.17) is 4.52 Å². The van der Waals surface area contributed by atoms with Gasteiger partial charge in [0.1, 0.15) is 10.5 Å². The highest BCUT2D eigenvalue weighted by Crippen LogP contribution is 2.30. The Bertz CT molecular complexity index is 1360. The van der Waals surface area contributed by atoms with Crippen LogP contribution in [0.2, 0.25) is 0 Å². The number of aryl methyl sites for hydroxylation is 1. The third-order valence-electron chi connectivity index (χ3n) is 5.10. The van der Waals surface area contributed by atoms with Crippen molar-refractivity contribution in [3.63, 3.8) is 0 Å². The smallest absolute Gasteiger partial charge is 0.251 e. The van der Waals surface area contributed by atoms with Gasteiger partial charge < -0.3 is 9.84 Å². The summed E-state index contributed by atoms with van der Waals surface area (Å²) < 4.78 is 5.54. The highest BCUT2D eigenvalue weighted by molar-refractivity contribution is 7.15. The van der Waals surface area contributed by atoms with Crippen molar-refractivity contribution in [2.75, 3.05) is 0 Å². The minimum absolute atomic E-state index is 0.142. The molecule has 1 N–H and O–H groups in total. The van der Waals surface area contributed by atoms with Crippen LogP contribution < -0.4 is 5.32 Å². The number of rotatable bonds is 5. The molecule has 31 heavy (non-hydrogen) atoms. The lowest BCUT2D eigenvalue weighted by atomic mass is 10.1. The van der Waals surface area contributed by atoms with Gasteiger partial charge in [0.15, 0.2) is 5.76 Å². The van der Waals surface area contributed by atoms with Gasteiger partial charge in [-0.05, 0) is 25.1 Å². The summed E-state index contributed by atoms with van der Waals surface area (Å²) in [4.78, 5) is 18.5. The molecule has 0 radical (unpaired) electrons.